The minimum absolute atomic E-state index is 0.0357. The van der Waals surface area contributed by atoms with Crippen LogP contribution >= 0.6 is 23.2 Å². The van der Waals surface area contributed by atoms with Crippen LogP contribution in [0.25, 0.3) is 0 Å². The van der Waals surface area contributed by atoms with Crippen LogP contribution in [0.5, 0.6) is 0 Å². The summed E-state index contributed by atoms with van der Waals surface area (Å²) in [6.07, 6.45) is 1.88. The molecule has 1 aliphatic carbocycles. The molecule has 29 heavy (non-hydrogen) atoms. The molecule has 7 heteroatoms. The van der Waals surface area contributed by atoms with Gasteiger partial charge in [0.25, 0.3) is 0 Å². The quantitative estimate of drug-likeness (QED) is 0.773. The number of halogens is 2. The molecule has 1 unspecified atom stereocenters. The Hall–Kier alpha value is -2.63. The molecule has 1 heterocycles. The molecule has 2 amide bonds. The molecule has 0 saturated carbocycles. The van der Waals surface area contributed by atoms with E-state index in [4.69, 9.17) is 28.9 Å². The number of allylic oxidation sites excluding steroid dienone is 2. The third kappa shape index (κ3) is 3.56. The van der Waals surface area contributed by atoms with E-state index in [1.54, 1.807) is 47.4 Å². The first kappa shape index (κ1) is 19.7. The summed E-state index contributed by atoms with van der Waals surface area (Å²) in [5.74, 6) is -1.02. The lowest BCUT2D eigenvalue weighted by molar-refractivity contribution is -0.119. The Bertz CT molecular complexity index is 1060. The molecule has 4 rings (SSSR count). The van der Waals surface area contributed by atoms with Crippen LogP contribution in [0.3, 0.4) is 0 Å². The van der Waals surface area contributed by atoms with Crippen LogP contribution < -0.4 is 10.6 Å². The van der Waals surface area contributed by atoms with Gasteiger partial charge >= 0.3 is 0 Å². The van der Waals surface area contributed by atoms with E-state index in [-0.39, 0.29) is 18.1 Å². The fourth-order valence-electron chi connectivity index (χ4n) is 4.12. The van der Waals surface area contributed by atoms with Crippen LogP contribution in [0.15, 0.2) is 53.7 Å². The largest absolute Gasteiger partial charge is 0.366 e. The standard InChI is InChI=1S/C22H18Cl2N2O3/c23-13-6-9-15(17(24)10-13)16-11-20(28)26(18-2-1-3-19(27)21(16)18)14-7-4-12(5-8-14)22(25)29/h4-10,16H,1-3,11H2,(H2,25,29). The summed E-state index contributed by atoms with van der Waals surface area (Å²) < 4.78 is 0. The summed E-state index contributed by atoms with van der Waals surface area (Å²) in [5.41, 5.74) is 8.36. The van der Waals surface area contributed by atoms with Crippen molar-refractivity contribution in [2.45, 2.75) is 31.6 Å². The Kier molecular flexibility index (Phi) is 5.19. The number of anilines is 1. The predicted molar refractivity (Wildman–Crippen MR) is 112 cm³/mol. The van der Waals surface area contributed by atoms with Gasteiger partial charge in [0.15, 0.2) is 5.78 Å². The van der Waals surface area contributed by atoms with E-state index in [0.29, 0.717) is 51.8 Å². The van der Waals surface area contributed by atoms with E-state index in [1.165, 1.54) is 0 Å². The van der Waals surface area contributed by atoms with Crippen molar-refractivity contribution in [2.24, 2.45) is 5.73 Å². The number of amides is 2. The van der Waals surface area contributed by atoms with Crippen LogP contribution in [-0.4, -0.2) is 17.6 Å². The third-order valence-corrected chi connectivity index (χ3v) is 5.99. The monoisotopic (exact) mass is 428 g/mol. The lowest BCUT2D eigenvalue weighted by Gasteiger charge is -2.38. The summed E-state index contributed by atoms with van der Waals surface area (Å²) in [7, 11) is 0. The van der Waals surface area contributed by atoms with E-state index >= 15 is 0 Å². The summed E-state index contributed by atoms with van der Waals surface area (Å²) in [4.78, 5) is 39.0. The zero-order valence-electron chi connectivity index (χ0n) is 15.5. The van der Waals surface area contributed by atoms with Crippen molar-refractivity contribution in [1.29, 1.82) is 0 Å². The van der Waals surface area contributed by atoms with Gasteiger partial charge in [-0.3, -0.25) is 19.3 Å². The molecule has 0 aromatic heterocycles. The van der Waals surface area contributed by atoms with Crippen molar-refractivity contribution in [1.82, 2.24) is 0 Å². The molecule has 0 radical (unpaired) electrons. The molecule has 0 fully saturated rings. The Balaban J connectivity index is 1.83. The summed E-state index contributed by atoms with van der Waals surface area (Å²) >= 11 is 12.4. The van der Waals surface area contributed by atoms with Gasteiger partial charge < -0.3 is 5.73 Å². The zero-order chi connectivity index (χ0) is 20.7. The van der Waals surface area contributed by atoms with Gasteiger partial charge in [-0.05, 0) is 54.8 Å². The number of benzene rings is 2. The van der Waals surface area contributed by atoms with E-state index in [0.717, 1.165) is 5.56 Å². The number of nitrogens with two attached hydrogens (primary N) is 1. The van der Waals surface area contributed by atoms with Gasteiger partial charge in [0, 0.05) is 51.3 Å². The number of ketones is 1. The first-order chi connectivity index (χ1) is 13.9. The van der Waals surface area contributed by atoms with Crippen LogP contribution in [-0.2, 0) is 9.59 Å². The van der Waals surface area contributed by atoms with Crippen molar-refractivity contribution in [3.05, 3.63) is 74.9 Å². The number of primary amides is 1. The lowest BCUT2D eigenvalue weighted by atomic mass is 9.77. The minimum atomic E-state index is -0.535. The van der Waals surface area contributed by atoms with E-state index in [1.807, 2.05) is 0 Å². The van der Waals surface area contributed by atoms with Crippen molar-refractivity contribution in [3.8, 4) is 0 Å². The molecule has 5 nitrogen and oxygen atoms in total. The van der Waals surface area contributed by atoms with Crippen LogP contribution in [0.1, 0.15) is 47.5 Å². The maximum Gasteiger partial charge on any atom is 0.248 e. The Morgan fingerprint density at radius 1 is 1.03 bits per heavy atom. The van der Waals surface area contributed by atoms with E-state index in [2.05, 4.69) is 0 Å². The van der Waals surface area contributed by atoms with Gasteiger partial charge in [0.05, 0.1) is 0 Å². The summed E-state index contributed by atoms with van der Waals surface area (Å²) in [5, 5.41) is 0.945. The van der Waals surface area contributed by atoms with Gasteiger partial charge in [-0.25, -0.2) is 0 Å². The highest BCUT2D eigenvalue weighted by molar-refractivity contribution is 6.35. The maximum atomic E-state index is 13.2. The SMILES string of the molecule is NC(=O)c1ccc(N2C(=O)CC(c3ccc(Cl)cc3Cl)C3=C2CCCC3=O)cc1. The molecule has 1 aliphatic heterocycles. The summed E-state index contributed by atoms with van der Waals surface area (Å²) in [6.45, 7) is 0. The summed E-state index contributed by atoms with van der Waals surface area (Å²) in [6, 6.07) is 11.7. The Labute approximate surface area is 178 Å². The third-order valence-electron chi connectivity index (χ3n) is 5.42. The molecule has 0 bridgehead atoms. The van der Waals surface area contributed by atoms with Crippen molar-refractivity contribution < 1.29 is 14.4 Å². The molecule has 1 atom stereocenters. The minimum Gasteiger partial charge on any atom is -0.366 e. The first-order valence-corrected chi connectivity index (χ1v) is 10.1. The second-order valence-electron chi connectivity index (χ2n) is 7.20. The van der Waals surface area contributed by atoms with Gasteiger partial charge in [0.2, 0.25) is 11.8 Å². The molecule has 2 aliphatic rings. The highest BCUT2D eigenvalue weighted by atomic mass is 35.5. The molecule has 2 aromatic carbocycles. The molecule has 0 saturated heterocycles. The smallest absolute Gasteiger partial charge is 0.248 e. The molecule has 2 N–H and O–H groups in total. The molecule has 0 spiro atoms. The number of rotatable bonds is 3. The second kappa shape index (κ2) is 7.65. The van der Waals surface area contributed by atoms with Crippen molar-refractivity contribution in [3.63, 3.8) is 0 Å². The fourth-order valence-corrected chi connectivity index (χ4v) is 4.66. The average molecular weight is 429 g/mol. The highest BCUT2D eigenvalue weighted by Gasteiger charge is 2.40. The van der Waals surface area contributed by atoms with Crippen molar-refractivity contribution in [2.75, 3.05) is 4.90 Å². The van der Waals surface area contributed by atoms with Crippen LogP contribution in [0.2, 0.25) is 10.0 Å². The molecule has 148 valence electrons. The molecule has 2 aromatic rings. The zero-order valence-corrected chi connectivity index (χ0v) is 17.0. The number of Topliss-reactive ketones (excluding diaryl/α,β-unsaturated/α-hetero) is 1. The first-order valence-electron chi connectivity index (χ1n) is 9.31. The maximum absolute atomic E-state index is 13.2. The van der Waals surface area contributed by atoms with Gasteiger partial charge in [0.1, 0.15) is 0 Å². The number of carbonyl (C=O) groups excluding carboxylic acids is 3. The van der Waals surface area contributed by atoms with Crippen molar-refractivity contribution >= 4 is 46.5 Å². The van der Waals surface area contributed by atoms with Crippen LogP contribution in [0, 0.1) is 0 Å². The number of hydrogen-bond donors (Lipinski definition) is 1. The fraction of sp³-hybridized carbons (Fsp3) is 0.227. The number of carbonyl (C=O) groups is 3. The highest BCUT2D eigenvalue weighted by Crippen LogP contribution is 2.45. The van der Waals surface area contributed by atoms with Crippen LogP contribution in [0.4, 0.5) is 5.69 Å². The Morgan fingerprint density at radius 2 is 1.76 bits per heavy atom. The topological polar surface area (TPSA) is 80.5 Å². The second-order valence-corrected chi connectivity index (χ2v) is 8.04. The predicted octanol–water partition coefficient (Wildman–Crippen LogP) is 4.62. The van der Waals surface area contributed by atoms with Gasteiger partial charge in [-0.15, -0.1) is 0 Å². The van der Waals surface area contributed by atoms with E-state index in [9.17, 15) is 14.4 Å². The average Bonchev–Trinajstić information content (AvgIpc) is 2.68. The number of hydrogen-bond acceptors (Lipinski definition) is 3. The van der Waals surface area contributed by atoms with E-state index < -0.39 is 11.8 Å². The van der Waals surface area contributed by atoms with Gasteiger partial charge in [-0.2, -0.15) is 0 Å². The molecular weight excluding hydrogens is 411 g/mol. The molecular formula is C22H18Cl2N2O3. The lowest BCUT2D eigenvalue weighted by Crippen LogP contribution is -2.40. The Morgan fingerprint density at radius 3 is 2.41 bits per heavy atom. The van der Waals surface area contributed by atoms with Gasteiger partial charge in [-0.1, -0.05) is 29.3 Å². The normalized spacial score (nSPS) is 19.4. The number of nitrogens with zero attached hydrogens (tertiary/aromatic N) is 1.